The molecule has 0 saturated heterocycles. The summed E-state index contributed by atoms with van der Waals surface area (Å²) >= 11 is 6.04. The fourth-order valence-corrected chi connectivity index (χ4v) is 1.86. The minimum absolute atomic E-state index is 0.254. The van der Waals surface area contributed by atoms with E-state index in [1.165, 1.54) is 0 Å². The zero-order valence-electron chi connectivity index (χ0n) is 9.56. The molecule has 2 N–H and O–H groups in total. The second-order valence-electron chi connectivity index (χ2n) is 3.80. The van der Waals surface area contributed by atoms with Crippen LogP contribution in [0.1, 0.15) is 15.9 Å². The number of carboxylic acid groups (broad SMARTS) is 1. The van der Waals surface area contributed by atoms with Gasteiger partial charge in [0, 0.05) is 17.3 Å². The summed E-state index contributed by atoms with van der Waals surface area (Å²) in [6.07, 6.45) is 0. The van der Waals surface area contributed by atoms with E-state index in [9.17, 15) is 4.79 Å². The number of anilines is 1. The predicted molar refractivity (Wildman–Crippen MR) is 72.2 cm³/mol. The molecule has 0 aliphatic rings. The molecule has 0 spiro atoms. The summed E-state index contributed by atoms with van der Waals surface area (Å²) in [5, 5.41) is 12.8. The number of aromatic carboxylic acids is 1. The summed E-state index contributed by atoms with van der Waals surface area (Å²) in [4.78, 5) is 11.0. The molecule has 2 aromatic rings. The summed E-state index contributed by atoms with van der Waals surface area (Å²) in [5.41, 5.74) is 1.77. The zero-order chi connectivity index (χ0) is 13.0. The van der Waals surface area contributed by atoms with Crippen molar-refractivity contribution >= 4 is 23.3 Å². The Labute approximate surface area is 110 Å². The maximum Gasteiger partial charge on any atom is 0.337 e. The van der Waals surface area contributed by atoms with Crippen LogP contribution in [-0.2, 0) is 6.54 Å². The third-order valence-electron chi connectivity index (χ3n) is 2.58. The van der Waals surface area contributed by atoms with Crippen LogP contribution in [-0.4, -0.2) is 11.1 Å². The van der Waals surface area contributed by atoms with Gasteiger partial charge >= 0.3 is 5.97 Å². The summed E-state index contributed by atoms with van der Waals surface area (Å²) in [6, 6.07) is 14.3. The summed E-state index contributed by atoms with van der Waals surface area (Å²) in [6.45, 7) is 0.490. The van der Waals surface area contributed by atoms with Crippen LogP contribution < -0.4 is 5.32 Å². The van der Waals surface area contributed by atoms with Crippen molar-refractivity contribution < 1.29 is 9.90 Å². The lowest BCUT2D eigenvalue weighted by atomic mass is 10.1. The van der Waals surface area contributed by atoms with Gasteiger partial charge in [0.05, 0.1) is 5.56 Å². The molecule has 2 rings (SSSR count). The first-order valence-corrected chi connectivity index (χ1v) is 5.86. The fraction of sp³-hybridized carbons (Fsp3) is 0.0714. The Morgan fingerprint density at radius 1 is 1.11 bits per heavy atom. The fourth-order valence-electron chi connectivity index (χ4n) is 1.66. The van der Waals surface area contributed by atoms with E-state index in [0.717, 1.165) is 5.56 Å². The normalized spacial score (nSPS) is 10.1. The molecule has 0 aliphatic heterocycles. The third-order valence-corrected chi connectivity index (χ3v) is 2.95. The molecule has 0 saturated carbocycles. The van der Waals surface area contributed by atoms with Crippen LogP contribution in [0.4, 0.5) is 5.69 Å². The molecule has 3 nitrogen and oxygen atoms in total. The van der Waals surface area contributed by atoms with Crippen LogP contribution >= 0.6 is 11.6 Å². The van der Waals surface area contributed by atoms with E-state index in [2.05, 4.69) is 5.32 Å². The molecule has 0 bridgehead atoms. The number of carboxylic acids is 1. The number of rotatable bonds is 4. The highest BCUT2D eigenvalue weighted by Gasteiger charge is 2.08. The minimum atomic E-state index is -0.947. The quantitative estimate of drug-likeness (QED) is 0.883. The van der Waals surface area contributed by atoms with Crippen molar-refractivity contribution in [2.75, 3.05) is 5.32 Å². The Balaban J connectivity index is 2.16. The lowest BCUT2D eigenvalue weighted by Gasteiger charge is -2.10. The zero-order valence-corrected chi connectivity index (χ0v) is 10.3. The first-order valence-electron chi connectivity index (χ1n) is 5.48. The molecule has 0 unspecified atom stereocenters. The van der Waals surface area contributed by atoms with E-state index in [-0.39, 0.29) is 5.56 Å². The third kappa shape index (κ3) is 2.81. The summed E-state index contributed by atoms with van der Waals surface area (Å²) < 4.78 is 0. The number of benzene rings is 2. The van der Waals surface area contributed by atoms with E-state index in [0.29, 0.717) is 17.3 Å². The molecule has 0 amide bonds. The molecule has 0 atom stereocenters. The highest BCUT2D eigenvalue weighted by Crippen LogP contribution is 2.19. The van der Waals surface area contributed by atoms with Gasteiger partial charge < -0.3 is 10.4 Å². The molecule has 92 valence electrons. The van der Waals surface area contributed by atoms with Crippen LogP contribution in [0.15, 0.2) is 48.5 Å². The van der Waals surface area contributed by atoms with E-state index in [1.54, 1.807) is 24.3 Å². The molecular weight excluding hydrogens is 250 g/mol. The summed E-state index contributed by atoms with van der Waals surface area (Å²) in [7, 11) is 0. The molecule has 18 heavy (non-hydrogen) atoms. The SMILES string of the molecule is O=C(O)c1ccccc1NCc1ccccc1Cl. The molecule has 4 heteroatoms. The average Bonchev–Trinajstić information content (AvgIpc) is 2.38. The second kappa shape index (κ2) is 5.56. The first-order chi connectivity index (χ1) is 8.68. The van der Waals surface area contributed by atoms with Gasteiger partial charge in [-0.15, -0.1) is 0 Å². The molecule has 0 aliphatic carbocycles. The van der Waals surface area contributed by atoms with Gasteiger partial charge in [-0.2, -0.15) is 0 Å². The van der Waals surface area contributed by atoms with Gasteiger partial charge in [0.25, 0.3) is 0 Å². The highest BCUT2D eigenvalue weighted by atomic mass is 35.5. The van der Waals surface area contributed by atoms with E-state index in [4.69, 9.17) is 16.7 Å². The second-order valence-corrected chi connectivity index (χ2v) is 4.20. The van der Waals surface area contributed by atoms with Gasteiger partial charge in [0.2, 0.25) is 0 Å². The number of nitrogens with one attached hydrogen (secondary N) is 1. The van der Waals surface area contributed by atoms with Crippen LogP contribution in [0.25, 0.3) is 0 Å². The number of para-hydroxylation sites is 1. The molecule has 0 aromatic heterocycles. The predicted octanol–water partition coefficient (Wildman–Crippen LogP) is 3.65. The van der Waals surface area contributed by atoms with Crippen molar-refractivity contribution in [3.05, 3.63) is 64.7 Å². The monoisotopic (exact) mass is 261 g/mol. The average molecular weight is 262 g/mol. The maximum atomic E-state index is 11.0. The largest absolute Gasteiger partial charge is 0.478 e. The van der Waals surface area contributed by atoms with Crippen molar-refractivity contribution in [2.45, 2.75) is 6.54 Å². The van der Waals surface area contributed by atoms with E-state index >= 15 is 0 Å². The Bertz CT molecular complexity index is 569. The topological polar surface area (TPSA) is 49.3 Å². The van der Waals surface area contributed by atoms with Gasteiger partial charge in [-0.25, -0.2) is 4.79 Å². The lowest BCUT2D eigenvalue weighted by molar-refractivity contribution is 0.0698. The number of halogens is 1. The van der Waals surface area contributed by atoms with Gasteiger partial charge in [0.1, 0.15) is 0 Å². The Morgan fingerprint density at radius 3 is 2.50 bits per heavy atom. The smallest absolute Gasteiger partial charge is 0.337 e. The van der Waals surface area contributed by atoms with Gasteiger partial charge in [0.15, 0.2) is 0 Å². The number of hydrogen-bond acceptors (Lipinski definition) is 2. The molecular formula is C14H12ClNO2. The minimum Gasteiger partial charge on any atom is -0.478 e. The van der Waals surface area contributed by atoms with Crippen molar-refractivity contribution in [3.8, 4) is 0 Å². The molecule has 0 radical (unpaired) electrons. The van der Waals surface area contributed by atoms with E-state index < -0.39 is 5.97 Å². The van der Waals surface area contributed by atoms with Crippen molar-refractivity contribution in [1.29, 1.82) is 0 Å². The van der Waals surface area contributed by atoms with Gasteiger partial charge in [-0.3, -0.25) is 0 Å². The van der Waals surface area contributed by atoms with Crippen molar-refractivity contribution in [3.63, 3.8) is 0 Å². The number of hydrogen-bond donors (Lipinski definition) is 2. The van der Waals surface area contributed by atoms with Crippen molar-refractivity contribution in [2.24, 2.45) is 0 Å². The van der Waals surface area contributed by atoms with Crippen LogP contribution in [0, 0.1) is 0 Å². The highest BCUT2D eigenvalue weighted by molar-refractivity contribution is 6.31. The van der Waals surface area contributed by atoms with Gasteiger partial charge in [-0.1, -0.05) is 41.9 Å². The van der Waals surface area contributed by atoms with Crippen LogP contribution in [0.3, 0.4) is 0 Å². The molecule has 0 fully saturated rings. The first kappa shape index (κ1) is 12.5. The molecule has 2 aromatic carbocycles. The van der Waals surface area contributed by atoms with Crippen LogP contribution in [0.2, 0.25) is 5.02 Å². The van der Waals surface area contributed by atoms with Crippen LogP contribution in [0.5, 0.6) is 0 Å². The van der Waals surface area contributed by atoms with E-state index in [1.807, 2.05) is 24.3 Å². The maximum absolute atomic E-state index is 11.0. The lowest BCUT2D eigenvalue weighted by Crippen LogP contribution is -2.06. The Hall–Kier alpha value is -2.00. The molecule has 0 heterocycles. The van der Waals surface area contributed by atoms with Crippen molar-refractivity contribution in [1.82, 2.24) is 0 Å². The van der Waals surface area contributed by atoms with Gasteiger partial charge in [-0.05, 0) is 23.8 Å². The standard InChI is InChI=1S/C14H12ClNO2/c15-12-7-3-1-5-10(12)9-16-13-8-4-2-6-11(13)14(17)18/h1-8,16H,9H2,(H,17,18). The number of carbonyl (C=O) groups is 1. The Morgan fingerprint density at radius 2 is 1.78 bits per heavy atom. The summed E-state index contributed by atoms with van der Waals surface area (Å²) in [5.74, 6) is -0.947. The Kier molecular flexibility index (Phi) is 3.85.